The lowest BCUT2D eigenvalue weighted by Crippen LogP contribution is -2.25. The van der Waals surface area contributed by atoms with Crippen LogP contribution in [-0.2, 0) is 17.6 Å². The summed E-state index contributed by atoms with van der Waals surface area (Å²) in [5, 5.41) is 9.97. The Kier molecular flexibility index (Phi) is 4.44. The molecule has 0 saturated heterocycles. The smallest absolute Gasteiger partial charge is 0.304 e. The summed E-state index contributed by atoms with van der Waals surface area (Å²) in [6.45, 7) is 0. The van der Waals surface area contributed by atoms with Crippen LogP contribution in [0.4, 0.5) is 0 Å². The van der Waals surface area contributed by atoms with Crippen LogP contribution < -0.4 is 5.73 Å². The van der Waals surface area contributed by atoms with Crippen LogP contribution in [0.25, 0.3) is 10.9 Å². The van der Waals surface area contributed by atoms with E-state index in [0.29, 0.717) is 6.42 Å². The number of aromatic nitrogens is 1. The zero-order valence-electron chi connectivity index (χ0n) is 12.8. The van der Waals surface area contributed by atoms with Gasteiger partial charge in [0, 0.05) is 23.1 Å². The number of fused-ring (bicyclic) bond motifs is 1. The largest absolute Gasteiger partial charge is 0.481 e. The lowest BCUT2D eigenvalue weighted by molar-refractivity contribution is -0.137. The molecule has 4 N–H and O–H groups in total. The Morgan fingerprint density at radius 1 is 1.13 bits per heavy atom. The molecule has 0 fully saturated rings. The summed E-state index contributed by atoms with van der Waals surface area (Å²) in [4.78, 5) is 14.0. The molecule has 0 aliphatic rings. The lowest BCUT2D eigenvalue weighted by atomic mass is 9.99. The van der Waals surface area contributed by atoms with Crippen LogP contribution in [0.1, 0.15) is 23.1 Å². The Labute approximate surface area is 134 Å². The van der Waals surface area contributed by atoms with Crippen LogP contribution in [-0.4, -0.2) is 22.1 Å². The van der Waals surface area contributed by atoms with Gasteiger partial charge in [0.2, 0.25) is 0 Å². The number of nitrogens with one attached hydrogen (secondary N) is 1. The second-order valence-electron chi connectivity index (χ2n) is 5.92. The van der Waals surface area contributed by atoms with Crippen molar-refractivity contribution in [2.24, 2.45) is 5.73 Å². The van der Waals surface area contributed by atoms with Crippen LogP contribution in [0.3, 0.4) is 0 Å². The zero-order chi connectivity index (χ0) is 16.2. The predicted molar refractivity (Wildman–Crippen MR) is 91.5 cm³/mol. The summed E-state index contributed by atoms with van der Waals surface area (Å²) in [7, 11) is 0. The third kappa shape index (κ3) is 3.79. The van der Waals surface area contributed by atoms with E-state index in [4.69, 9.17) is 10.8 Å². The highest BCUT2D eigenvalue weighted by molar-refractivity contribution is 5.84. The number of benzene rings is 2. The highest BCUT2D eigenvalue weighted by atomic mass is 16.4. The summed E-state index contributed by atoms with van der Waals surface area (Å²) < 4.78 is 0. The van der Waals surface area contributed by atoms with E-state index < -0.39 is 5.97 Å². The van der Waals surface area contributed by atoms with E-state index in [9.17, 15) is 4.79 Å². The second kappa shape index (κ2) is 6.67. The molecule has 0 saturated carbocycles. The topological polar surface area (TPSA) is 79.1 Å². The number of carboxylic acid groups (broad SMARTS) is 1. The lowest BCUT2D eigenvalue weighted by Gasteiger charge is -2.08. The number of aliphatic carboxylic acids is 1. The molecular formula is C19H20N2O2. The molecule has 1 unspecified atom stereocenters. The minimum Gasteiger partial charge on any atom is -0.481 e. The van der Waals surface area contributed by atoms with E-state index in [-0.39, 0.29) is 12.5 Å². The second-order valence-corrected chi connectivity index (χ2v) is 5.92. The first-order valence-corrected chi connectivity index (χ1v) is 7.72. The van der Waals surface area contributed by atoms with Crippen molar-refractivity contribution in [3.05, 3.63) is 71.4 Å². The monoisotopic (exact) mass is 308 g/mol. The highest BCUT2D eigenvalue weighted by Gasteiger charge is 2.12. The van der Waals surface area contributed by atoms with Gasteiger partial charge in [0.15, 0.2) is 0 Å². The van der Waals surface area contributed by atoms with Gasteiger partial charge in [0.05, 0.1) is 6.42 Å². The Bertz CT molecular complexity index is 809. The molecule has 4 nitrogen and oxygen atoms in total. The van der Waals surface area contributed by atoms with Crippen molar-refractivity contribution >= 4 is 16.9 Å². The first-order valence-electron chi connectivity index (χ1n) is 7.72. The summed E-state index contributed by atoms with van der Waals surface area (Å²) in [5.41, 5.74) is 10.6. The van der Waals surface area contributed by atoms with Crippen molar-refractivity contribution in [1.29, 1.82) is 0 Å². The van der Waals surface area contributed by atoms with Gasteiger partial charge in [-0.2, -0.15) is 0 Å². The van der Waals surface area contributed by atoms with Gasteiger partial charge in [-0.1, -0.05) is 36.4 Å². The Morgan fingerprint density at radius 3 is 2.65 bits per heavy atom. The van der Waals surface area contributed by atoms with Gasteiger partial charge in [0.1, 0.15) is 0 Å². The van der Waals surface area contributed by atoms with Gasteiger partial charge in [-0.3, -0.25) is 4.79 Å². The van der Waals surface area contributed by atoms with E-state index in [1.807, 2.05) is 24.4 Å². The molecule has 0 aliphatic carbocycles. The van der Waals surface area contributed by atoms with Crippen molar-refractivity contribution in [2.45, 2.75) is 25.3 Å². The SMILES string of the molecule is NC(CC(=O)O)Cc1c[nH]c2ccc(Cc3ccccc3)cc12. The molecule has 3 rings (SSSR count). The third-order valence-electron chi connectivity index (χ3n) is 4.00. The molecule has 3 aromatic rings. The fraction of sp³-hybridized carbons (Fsp3) is 0.211. The van der Waals surface area contributed by atoms with E-state index in [2.05, 4.69) is 35.3 Å². The quantitative estimate of drug-likeness (QED) is 0.654. The van der Waals surface area contributed by atoms with Crippen LogP contribution >= 0.6 is 0 Å². The maximum absolute atomic E-state index is 10.8. The number of nitrogens with two attached hydrogens (primary N) is 1. The molecule has 0 bridgehead atoms. The van der Waals surface area contributed by atoms with Gasteiger partial charge >= 0.3 is 5.97 Å². The number of hydrogen-bond acceptors (Lipinski definition) is 2. The molecule has 1 atom stereocenters. The molecule has 23 heavy (non-hydrogen) atoms. The Morgan fingerprint density at radius 2 is 1.91 bits per heavy atom. The fourth-order valence-corrected chi connectivity index (χ4v) is 2.91. The van der Waals surface area contributed by atoms with E-state index in [1.54, 1.807) is 0 Å². The minimum atomic E-state index is -0.859. The Hall–Kier alpha value is -2.59. The molecule has 0 aliphatic heterocycles. The summed E-state index contributed by atoms with van der Waals surface area (Å²) >= 11 is 0. The normalized spacial score (nSPS) is 12.4. The number of aromatic amines is 1. The minimum absolute atomic E-state index is 0.0175. The number of hydrogen-bond donors (Lipinski definition) is 3. The summed E-state index contributed by atoms with van der Waals surface area (Å²) in [6, 6.07) is 16.3. The fourth-order valence-electron chi connectivity index (χ4n) is 2.91. The predicted octanol–water partition coefficient (Wildman–Crippen LogP) is 3.10. The van der Waals surface area contributed by atoms with E-state index in [1.165, 1.54) is 11.1 Å². The molecule has 1 heterocycles. The van der Waals surface area contributed by atoms with Gasteiger partial charge in [-0.25, -0.2) is 0 Å². The summed E-state index contributed by atoms with van der Waals surface area (Å²) in [6.07, 6.45) is 3.35. The van der Waals surface area contributed by atoms with Crippen molar-refractivity contribution in [2.75, 3.05) is 0 Å². The molecule has 0 radical (unpaired) electrons. The van der Waals surface area contributed by atoms with Gasteiger partial charge in [-0.15, -0.1) is 0 Å². The van der Waals surface area contributed by atoms with Gasteiger partial charge < -0.3 is 15.8 Å². The first kappa shape index (κ1) is 15.3. The molecule has 2 aromatic carbocycles. The maximum Gasteiger partial charge on any atom is 0.304 e. The van der Waals surface area contributed by atoms with Crippen molar-refractivity contribution < 1.29 is 9.90 Å². The Balaban J connectivity index is 1.83. The van der Waals surface area contributed by atoms with Crippen LogP contribution in [0, 0.1) is 0 Å². The molecule has 0 amide bonds. The van der Waals surface area contributed by atoms with Crippen molar-refractivity contribution in [3.63, 3.8) is 0 Å². The molecular weight excluding hydrogens is 288 g/mol. The highest BCUT2D eigenvalue weighted by Crippen LogP contribution is 2.22. The van der Waals surface area contributed by atoms with E-state index >= 15 is 0 Å². The van der Waals surface area contributed by atoms with Gasteiger partial charge in [0.25, 0.3) is 0 Å². The number of H-pyrrole nitrogens is 1. The average Bonchev–Trinajstić information content (AvgIpc) is 2.90. The maximum atomic E-state index is 10.8. The van der Waals surface area contributed by atoms with Crippen LogP contribution in [0.15, 0.2) is 54.7 Å². The molecule has 1 aromatic heterocycles. The van der Waals surface area contributed by atoms with Crippen molar-refractivity contribution in [3.8, 4) is 0 Å². The third-order valence-corrected chi connectivity index (χ3v) is 4.00. The number of carboxylic acids is 1. The average molecular weight is 308 g/mol. The molecule has 118 valence electrons. The molecule has 4 heteroatoms. The number of rotatable bonds is 6. The molecule has 0 spiro atoms. The zero-order valence-corrected chi connectivity index (χ0v) is 12.8. The van der Waals surface area contributed by atoms with Gasteiger partial charge in [-0.05, 0) is 41.7 Å². The number of carbonyl (C=O) groups is 1. The summed E-state index contributed by atoms with van der Waals surface area (Å²) in [5.74, 6) is -0.859. The first-order chi connectivity index (χ1) is 11.1. The van der Waals surface area contributed by atoms with Crippen molar-refractivity contribution in [1.82, 2.24) is 4.98 Å². The van der Waals surface area contributed by atoms with Crippen LogP contribution in [0.5, 0.6) is 0 Å². The van der Waals surface area contributed by atoms with Crippen LogP contribution in [0.2, 0.25) is 0 Å². The standard InChI is InChI=1S/C19H20N2O2/c20-16(11-19(22)23)10-15-12-21-18-7-6-14(9-17(15)18)8-13-4-2-1-3-5-13/h1-7,9,12,16,21H,8,10-11,20H2,(H,22,23). The van der Waals surface area contributed by atoms with E-state index in [0.717, 1.165) is 22.9 Å².